The van der Waals surface area contributed by atoms with E-state index in [9.17, 15) is 18.3 Å². The van der Waals surface area contributed by atoms with Crippen LogP contribution in [0.15, 0.2) is 18.2 Å². The van der Waals surface area contributed by atoms with Gasteiger partial charge in [-0.25, -0.2) is 0 Å². The van der Waals surface area contributed by atoms with Crippen molar-refractivity contribution in [2.75, 3.05) is 13.2 Å². The predicted octanol–water partition coefficient (Wildman–Crippen LogP) is 1.04. The van der Waals surface area contributed by atoms with Crippen LogP contribution >= 0.6 is 0 Å². The first-order chi connectivity index (χ1) is 8.94. The van der Waals surface area contributed by atoms with Crippen molar-refractivity contribution >= 4 is 0 Å². The van der Waals surface area contributed by atoms with Gasteiger partial charge < -0.3 is 25.1 Å². The Hall–Kier alpha value is -1.67. The minimum absolute atomic E-state index is 0.0465. The molecular weight excluding hydrogens is 267 g/mol. The van der Waals surface area contributed by atoms with Crippen LogP contribution in [0.3, 0.4) is 0 Å². The van der Waals surface area contributed by atoms with Gasteiger partial charge in [-0.1, -0.05) is 6.07 Å². The van der Waals surface area contributed by atoms with E-state index in [0.717, 1.165) is 0 Å². The fourth-order valence-corrected chi connectivity index (χ4v) is 1.42. The summed E-state index contributed by atoms with van der Waals surface area (Å²) in [6, 6.07) is 4.02. The molecule has 3 N–H and O–H groups in total. The van der Waals surface area contributed by atoms with Crippen molar-refractivity contribution in [1.29, 1.82) is 0 Å². The summed E-state index contributed by atoms with van der Waals surface area (Å²) >= 11 is 0. The molecule has 2 atom stereocenters. The third-order valence-corrected chi connectivity index (χ3v) is 2.38. The summed E-state index contributed by atoms with van der Waals surface area (Å²) in [7, 11) is 0. The molecule has 0 radical (unpaired) electrons. The van der Waals surface area contributed by atoms with E-state index in [0.29, 0.717) is 0 Å². The monoisotopic (exact) mass is 279 g/mol. The number of halogens is 3. The number of rotatable bonds is 4. The molecule has 1 aromatic carbocycles. The predicted molar refractivity (Wildman–Crippen MR) is 58.1 cm³/mol. The number of hydrogen-bond acceptors (Lipinski definition) is 5. The number of fused-ring (bicyclic) bond motifs is 1. The fraction of sp³-hybridized carbons (Fsp3) is 0.455. The van der Waals surface area contributed by atoms with Crippen molar-refractivity contribution in [3.63, 3.8) is 0 Å². The molecule has 0 amide bonds. The van der Waals surface area contributed by atoms with Crippen LogP contribution in [0.5, 0.6) is 17.2 Å². The van der Waals surface area contributed by atoms with Crippen molar-refractivity contribution in [3.8, 4) is 17.2 Å². The van der Waals surface area contributed by atoms with E-state index in [4.69, 9.17) is 10.5 Å². The molecule has 0 bridgehead atoms. The van der Waals surface area contributed by atoms with Crippen molar-refractivity contribution in [3.05, 3.63) is 18.2 Å². The van der Waals surface area contributed by atoms with Crippen molar-refractivity contribution in [2.24, 2.45) is 5.73 Å². The maximum absolute atomic E-state index is 13.1. The molecule has 19 heavy (non-hydrogen) atoms. The van der Waals surface area contributed by atoms with Crippen LogP contribution in [-0.4, -0.2) is 36.8 Å². The molecule has 0 aromatic heterocycles. The van der Waals surface area contributed by atoms with Gasteiger partial charge in [0.15, 0.2) is 11.5 Å². The molecule has 8 heteroatoms. The molecule has 0 saturated heterocycles. The van der Waals surface area contributed by atoms with Crippen LogP contribution in [0, 0.1) is 0 Å². The average molecular weight is 279 g/mol. The van der Waals surface area contributed by atoms with Gasteiger partial charge >= 0.3 is 12.5 Å². The Morgan fingerprint density at radius 2 is 2.21 bits per heavy atom. The summed E-state index contributed by atoms with van der Waals surface area (Å²) < 4.78 is 52.9. The van der Waals surface area contributed by atoms with Gasteiger partial charge in [0, 0.05) is 6.54 Å². The van der Waals surface area contributed by atoms with Crippen LogP contribution in [-0.2, 0) is 0 Å². The van der Waals surface area contributed by atoms with E-state index in [1.807, 2.05) is 0 Å². The fourth-order valence-electron chi connectivity index (χ4n) is 1.42. The van der Waals surface area contributed by atoms with E-state index >= 15 is 0 Å². The van der Waals surface area contributed by atoms with E-state index in [-0.39, 0.29) is 24.7 Å². The lowest BCUT2D eigenvalue weighted by Gasteiger charge is -2.29. The third kappa shape index (κ3) is 2.85. The van der Waals surface area contributed by atoms with Crippen LogP contribution in [0.2, 0.25) is 0 Å². The maximum Gasteiger partial charge on any atom is 0.468 e. The van der Waals surface area contributed by atoms with Crippen LogP contribution in [0.1, 0.15) is 0 Å². The lowest BCUT2D eigenvalue weighted by Crippen LogP contribution is -2.43. The number of alkyl halides is 3. The molecule has 0 fully saturated rings. The second-order valence-electron chi connectivity index (χ2n) is 3.88. The van der Waals surface area contributed by atoms with Crippen molar-refractivity contribution in [1.82, 2.24) is 0 Å². The molecule has 1 unspecified atom stereocenters. The molecule has 0 aliphatic carbocycles. The Labute approximate surface area is 106 Å². The number of nitrogens with two attached hydrogens (primary N) is 1. The molecular formula is C11H12F3NO4. The second-order valence-corrected chi connectivity index (χ2v) is 3.88. The highest BCUT2D eigenvalue weighted by Gasteiger charge is 2.50. The molecule has 1 aliphatic heterocycles. The van der Waals surface area contributed by atoms with Crippen LogP contribution in [0.25, 0.3) is 0 Å². The molecule has 0 saturated carbocycles. The SMILES string of the molecule is NCC(O)COc1cccc2c1OC(F)(F)[C@@H](F)O2. The first kappa shape index (κ1) is 13.8. The second kappa shape index (κ2) is 5.14. The average Bonchev–Trinajstić information content (AvgIpc) is 2.37. The minimum Gasteiger partial charge on any atom is -0.487 e. The molecule has 1 aromatic rings. The highest BCUT2D eigenvalue weighted by molar-refractivity contribution is 5.52. The Morgan fingerprint density at radius 1 is 1.47 bits per heavy atom. The number of ether oxygens (including phenoxy) is 3. The quantitative estimate of drug-likeness (QED) is 0.861. The molecule has 0 spiro atoms. The van der Waals surface area contributed by atoms with Gasteiger partial charge in [-0.05, 0) is 12.1 Å². The van der Waals surface area contributed by atoms with Crippen molar-refractivity contribution < 1.29 is 32.5 Å². The lowest BCUT2D eigenvalue weighted by atomic mass is 10.2. The number of para-hydroxylation sites is 1. The zero-order valence-corrected chi connectivity index (χ0v) is 9.68. The zero-order chi connectivity index (χ0) is 14.0. The minimum atomic E-state index is -4.10. The number of aliphatic hydroxyl groups is 1. The van der Waals surface area contributed by atoms with Gasteiger partial charge in [0.25, 0.3) is 0 Å². The van der Waals surface area contributed by atoms with E-state index in [1.165, 1.54) is 18.2 Å². The summed E-state index contributed by atoms with van der Waals surface area (Å²) in [5, 5.41) is 9.24. The van der Waals surface area contributed by atoms with E-state index in [1.54, 1.807) is 0 Å². The number of benzene rings is 1. The summed E-state index contributed by atoms with van der Waals surface area (Å²) in [5.74, 6) is -0.694. The largest absolute Gasteiger partial charge is 0.487 e. The summed E-state index contributed by atoms with van der Waals surface area (Å²) in [5.41, 5.74) is 5.18. The van der Waals surface area contributed by atoms with Gasteiger partial charge in [0.2, 0.25) is 5.75 Å². The van der Waals surface area contributed by atoms with Gasteiger partial charge in [0.05, 0.1) is 0 Å². The maximum atomic E-state index is 13.1. The summed E-state index contributed by atoms with van der Waals surface area (Å²) in [4.78, 5) is 0. The highest BCUT2D eigenvalue weighted by atomic mass is 19.3. The Bertz CT molecular complexity index is 458. The summed E-state index contributed by atoms with van der Waals surface area (Å²) in [6.45, 7) is -0.254. The van der Waals surface area contributed by atoms with Crippen LogP contribution in [0.4, 0.5) is 13.2 Å². The standard InChI is InChI=1S/C11H12F3NO4/c12-10-11(13,14)19-9-7(17-5-6(16)4-15)2-1-3-8(9)18-10/h1-3,6,10,16H,4-5,15H2/t6?,10-/m0/s1. The Kier molecular flexibility index (Phi) is 3.72. The Balaban J connectivity index is 2.21. The first-order valence-electron chi connectivity index (χ1n) is 5.45. The topological polar surface area (TPSA) is 73.9 Å². The molecule has 2 rings (SSSR count). The lowest BCUT2D eigenvalue weighted by molar-refractivity contribution is -0.282. The molecule has 1 aliphatic rings. The van der Waals surface area contributed by atoms with Crippen molar-refractivity contribution in [2.45, 2.75) is 18.6 Å². The van der Waals surface area contributed by atoms with Gasteiger partial charge in [-0.3, -0.25) is 0 Å². The van der Waals surface area contributed by atoms with Crippen LogP contribution < -0.4 is 19.9 Å². The zero-order valence-electron chi connectivity index (χ0n) is 9.68. The molecule has 1 heterocycles. The Morgan fingerprint density at radius 3 is 2.89 bits per heavy atom. The number of aliphatic hydroxyl groups excluding tert-OH is 1. The number of hydrogen-bond donors (Lipinski definition) is 2. The van der Waals surface area contributed by atoms with Gasteiger partial charge in [-0.15, -0.1) is 0 Å². The third-order valence-electron chi connectivity index (χ3n) is 2.38. The molecule has 5 nitrogen and oxygen atoms in total. The first-order valence-corrected chi connectivity index (χ1v) is 5.45. The summed E-state index contributed by atoms with van der Waals surface area (Å²) in [6.07, 6.45) is -7.93. The molecule has 106 valence electrons. The van der Waals surface area contributed by atoms with E-state index < -0.39 is 24.3 Å². The van der Waals surface area contributed by atoms with Gasteiger partial charge in [0.1, 0.15) is 12.7 Å². The van der Waals surface area contributed by atoms with Gasteiger partial charge in [-0.2, -0.15) is 13.2 Å². The normalized spacial score (nSPS) is 21.8. The highest BCUT2D eigenvalue weighted by Crippen LogP contribution is 2.45. The smallest absolute Gasteiger partial charge is 0.468 e. The van der Waals surface area contributed by atoms with E-state index in [2.05, 4.69) is 9.47 Å².